The van der Waals surface area contributed by atoms with Crippen molar-refractivity contribution in [3.8, 4) is 5.75 Å². The topological polar surface area (TPSA) is 50.8 Å². The maximum atomic E-state index is 11.8. The molecule has 5 heteroatoms. The lowest BCUT2D eigenvalue weighted by Crippen LogP contribution is -2.43. The molecule has 5 nitrogen and oxygen atoms in total. The Labute approximate surface area is 119 Å². The van der Waals surface area contributed by atoms with E-state index in [1.807, 2.05) is 24.3 Å². The number of carbonyl (C=O) groups excluding carboxylic acids is 1. The summed E-state index contributed by atoms with van der Waals surface area (Å²) in [5.74, 6) is 0.941. The second-order valence-electron chi connectivity index (χ2n) is 4.80. The van der Waals surface area contributed by atoms with Crippen molar-refractivity contribution in [2.75, 3.05) is 46.5 Å². The summed E-state index contributed by atoms with van der Waals surface area (Å²) < 4.78 is 10.5. The second kappa shape index (κ2) is 7.87. The number of amides is 1. The van der Waals surface area contributed by atoms with Gasteiger partial charge in [-0.2, -0.15) is 0 Å². The minimum Gasteiger partial charge on any atom is -0.496 e. The van der Waals surface area contributed by atoms with Gasteiger partial charge in [-0.05, 0) is 18.1 Å². The van der Waals surface area contributed by atoms with E-state index in [0.717, 1.165) is 30.8 Å². The summed E-state index contributed by atoms with van der Waals surface area (Å²) in [4.78, 5) is 13.9. The van der Waals surface area contributed by atoms with E-state index >= 15 is 0 Å². The predicted octanol–water partition coefficient (Wildman–Crippen LogP) is 0.686. The average molecular weight is 278 g/mol. The van der Waals surface area contributed by atoms with Gasteiger partial charge in [0.2, 0.25) is 5.91 Å². The fourth-order valence-electron chi connectivity index (χ4n) is 2.26. The van der Waals surface area contributed by atoms with E-state index in [1.165, 1.54) is 0 Å². The van der Waals surface area contributed by atoms with E-state index in [2.05, 4.69) is 10.2 Å². The summed E-state index contributed by atoms with van der Waals surface area (Å²) in [7, 11) is 1.66. The lowest BCUT2D eigenvalue weighted by Gasteiger charge is -2.25. The van der Waals surface area contributed by atoms with E-state index < -0.39 is 0 Å². The number of nitrogens with zero attached hydrogens (tertiary/aromatic N) is 1. The van der Waals surface area contributed by atoms with E-state index in [0.29, 0.717) is 26.3 Å². The molecule has 1 aliphatic heterocycles. The molecule has 0 unspecified atom stereocenters. The minimum atomic E-state index is 0.0711. The van der Waals surface area contributed by atoms with Crippen LogP contribution in [0.1, 0.15) is 5.56 Å². The molecule has 0 saturated carbocycles. The molecule has 0 bridgehead atoms. The van der Waals surface area contributed by atoms with Crippen molar-refractivity contribution in [3.63, 3.8) is 0 Å². The lowest BCUT2D eigenvalue weighted by molar-refractivity contribution is -0.123. The Morgan fingerprint density at radius 1 is 1.35 bits per heavy atom. The smallest absolute Gasteiger partial charge is 0.234 e. The van der Waals surface area contributed by atoms with E-state index in [9.17, 15) is 4.79 Å². The molecule has 1 heterocycles. The highest BCUT2D eigenvalue weighted by atomic mass is 16.5. The summed E-state index contributed by atoms with van der Waals surface area (Å²) in [6.45, 7) is 4.18. The van der Waals surface area contributed by atoms with Gasteiger partial charge in [-0.25, -0.2) is 0 Å². The molecule has 0 radical (unpaired) electrons. The first kappa shape index (κ1) is 14.8. The van der Waals surface area contributed by atoms with Gasteiger partial charge < -0.3 is 14.8 Å². The van der Waals surface area contributed by atoms with E-state index in [4.69, 9.17) is 9.47 Å². The Morgan fingerprint density at radius 3 is 2.85 bits per heavy atom. The molecule has 2 rings (SSSR count). The van der Waals surface area contributed by atoms with Gasteiger partial charge >= 0.3 is 0 Å². The molecule has 0 aromatic heterocycles. The average Bonchev–Trinajstić information content (AvgIpc) is 2.49. The number of para-hydroxylation sites is 1. The first-order valence-corrected chi connectivity index (χ1v) is 6.98. The molecule has 1 amide bonds. The Hall–Kier alpha value is -1.59. The number of hydrogen-bond acceptors (Lipinski definition) is 4. The van der Waals surface area contributed by atoms with Crippen LogP contribution in [0.15, 0.2) is 24.3 Å². The van der Waals surface area contributed by atoms with Gasteiger partial charge in [0.25, 0.3) is 0 Å². The number of methoxy groups -OCH3 is 1. The highest BCUT2D eigenvalue weighted by Crippen LogP contribution is 2.17. The fraction of sp³-hybridized carbons (Fsp3) is 0.533. The van der Waals surface area contributed by atoms with Crippen LogP contribution in [-0.2, 0) is 16.0 Å². The number of rotatable bonds is 6. The van der Waals surface area contributed by atoms with Crippen LogP contribution >= 0.6 is 0 Å². The Balaban J connectivity index is 1.70. The normalized spacial score (nSPS) is 15.8. The van der Waals surface area contributed by atoms with Gasteiger partial charge in [0.1, 0.15) is 5.75 Å². The van der Waals surface area contributed by atoms with Crippen LogP contribution in [0.2, 0.25) is 0 Å². The van der Waals surface area contributed by atoms with Crippen LogP contribution in [0.4, 0.5) is 0 Å². The third kappa shape index (κ3) is 4.51. The summed E-state index contributed by atoms with van der Waals surface area (Å²) in [5.41, 5.74) is 1.11. The zero-order chi connectivity index (χ0) is 14.2. The van der Waals surface area contributed by atoms with Crippen LogP contribution in [-0.4, -0.2) is 57.3 Å². The van der Waals surface area contributed by atoms with Crippen LogP contribution in [0, 0.1) is 0 Å². The molecule has 1 N–H and O–H groups in total. The number of ether oxygens (including phenoxy) is 2. The van der Waals surface area contributed by atoms with Crippen molar-refractivity contribution >= 4 is 5.91 Å². The number of benzene rings is 1. The minimum absolute atomic E-state index is 0.0711. The van der Waals surface area contributed by atoms with Crippen molar-refractivity contribution in [3.05, 3.63) is 29.8 Å². The van der Waals surface area contributed by atoms with Crippen molar-refractivity contribution in [2.45, 2.75) is 6.42 Å². The maximum absolute atomic E-state index is 11.8. The second-order valence-corrected chi connectivity index (χ2v) is 4.80. The first-order valence-electron chi connectivity index (χ1n) is 6.98. The third-order valence-electron chi connectivity index (χ3n) is 3.38. The van der Waals surface area contributed by atoms with Gasteiger partial charge in [0, 0.05) is 19.6 Å². The summed E-state index contributed by atoms with van der Waals surface area (Å²) in [5, 5.41) is 2.95. The Kier molecular flexibility index (Phi) is 5.83. The molecule has 1 aromatic carbocycles. The monoisotopic (exact) mass is 278 g/mol. The molecule has 0 atom stereocenters. The zero-order valence-electron chi connectivity index (χ0n) is 11.9. The number of hydrogen-bond donors (Lipinski definition) is 1. The summed E-state index contributed by atoms with van der Waals surface area (Å²) in [6, 6.07) is 7.88. The summed E-state index contributed by atoms with van der Waals surface area (Å²) >= 11 is 0. The van der Waals surface area contributed by atoms with Crippen LogP contribution in [0.5, 0.6) is 5.75 Å². The Morgan fingerprint density at radius 2 is 2.10 bits per heavy atom. The van der Waals surface area contributed by atoms with Crippen molar-refractivity contribution in [1.82, 2.24) is 10.2 Å². The Bertz CT molecular complexity index is 431. The fourth-order valence-corrected chi connectivity index (χ4v) is 2.26. The maximum Gasteiger partial charge on any atom is 0.234 e. The number of carbonyl (C=O) groups is 1. The highest BCUT2D eigenvalue weighted by Gasteiger charge is 2.13. The van der Waals surface area contributed by atoms with Crippen LogP contribution in [0.3, 0.4) is 0 Å². The molecule has 1 aliphatic rings. The van der Waals surface area contributed by atoms with Crippen molar-refractivity contribution in [1.29, 1.82) is 0 Å². The molecule has 1 saturated heterocycles. The lowest BCUT2D eigenvalue weighted by atomic mass is 10.1. The highest BCUT2D eigenvalue weighted by molar-refractivity contribution is 5.78. The molecule has 0 aliphatic carbocycles. The quantitative estimate of drug-likeness (QED) is 0.831. The summed E-state index contributed by atoms with van der Waals surface area (Å²) in [6.07, 6.45) is 0.777. The van der Waals surface area contributed by atoms with E-state index in [1.54, 1.807) is 7.11 Å². The molecular weight excluding hydrogens is 256 g/mol. The SMILES string of the molecule is COc1ccccc1CCNC(=O)CN1CCOCC1. The van der Waals surface area contributed by atoms with Crippen LogP contribution < -0.4 is 10.1 Å². The van der Waals surface area contributed by atoms with Crippen molar-refractivity contribution < 1.29 is 14.3 Å². The van der Waals surface area contributed by atoms with Gasteiger partial charge in [-0.15, -0.1) is 0 Å². The molecular formula is C15H22N2O3. The molecule has 110 valence electrons. The van der Waals surface area contributed by atoms with Gasteiger partial charge in [0.15, 0.2) is 0 Å². The standard InChI is InChI=1S/C15H22N2O3/c1-19-14-5-3-2-4-13(14)6-7-16-15(18)12-17-8-10-20-11-9-17/h2-5H,6-12H2,1H3,(H,16,18). The van der Waals surface area contributed by atoms with Crippen LogP contribution in [0.25, 0.3) is 0 Å². The largest absolute Gasteiger partial charge is 0.496 e. The predicted molar refractivity (Wildman–Crippen MR) is 77.0 cm³/mol. The van der Waals surface area contributed by atoms with Gasteiger partial charge in [-0.3, -0.25) is 9.69 Å². The third-order valence-corrected chi connectivity index (χ3v) is 3.38. The zero-order valence-corrected chi connectivity index (χ0v) is 11.9. The molecule has 20 heavy (non-hydrogen) atoms. The molecule has 0 spiro atoms. The van der Waals surface area contributed by atoms with Crippen molar-refractivity contribution in [2.24, 2.45) is 0 Å². The first-order chi connectivity index (χ1) is 9.79. The van der Waals surface area contributed by atoms with Gasteiger partial charge in [-0.1, -0.05) is 18.2 Å². The molecule has 1 aromatic rings. The molecule has 1 fully saturated rings. The van der Waals surface area contributed by atoms with E-state index in [-0.39, 0.29) is 5.91 Å². The van der Waals surface area contributed by atoms with Gasteiger partial charge in [0.05, 0.1) is 26.9 Å². The number of morpholine rings is 1. The number of nitrogens with one attached hydrogen (secondary N) is 1.